The van der Waals surface area contributed by atoms with Crippen molar-refractivity contribution in [1.29, 1.82) is 0 Å². The summed E-state index contributed by atoms with van der Waals surface area (Å²) >= 11 is 5.99. The molecular formula is C15H25ClN2O2S. The van der Waals surface area contributed by atoms with E-state index in [2.05, 4.69) is 25.5 Å². The van der Waals surface area contributed by atoms with E-state index in [-0.39, 0.29) is 22.8 Å². The van der Waals surface area contributed by atoms with Crippen molar-refractivity contribution in [2.24, 2.45) is 17.1 Å². The van der Waals surface area contributed by atoms with Crippen molar-refractivity contribution in [3.8, 4) is 0 Å². The first-order chi connectivity index (χ1) is 9.49. The number of benzene rings is 1. The van der Waals surface area contributed by atoms with Gasteiger partial charge in [0.15, 0.2) is 0 Å². The zero-order valence-electron chi connectivity index (χ0n) is 13.3. The third-order valence-electron chi connectivity index (χ3n) is 4.00. The van der Waals surface area contributed by atoms with Crippen molar-refractivity contribution >= 4 is 21.6 Å². The van der Waals surface area contributed by atoms with Crippen LogP contribution < -0.4 is 10.5 Å². The summed E-state index contributed by atoms with van der Waals surface area (Å²) in [5.74, 6) is 0.209. The summed E-state index contributed by atoms with van der Waals surface area (Å²) in [6.07, 6.45) is 0. The van der Waals surface area contributed by atoms with Crippen LogP contribution in [0.25, 0.3) is 0 Å². The maximum absolute atomic E-state index is 12.5. The first-order valence-corrected chi connectivity index (χ1v) is 8.84. The Bertz CT molecular complexity index is 607. The lowest BCUT2D eigenvalue weighted by molar-refractivity contribution is 0.263. The van der Waals surface area contributed by atoms with Gasteiger partial charge >= 0.3 is 0 Å². The lowest BCUT2D eigenvalue weighted by Gasteiger charge is -2.27. The Hall–Kier alpha value is -0.620. The maximum Gasteiger partial charge on any atom is 0.240 e. The number of hydrogen-bond acceptors (Lipinski definition) is 3. The Kier molecular flexibility index (Phi) is 5.83. The zero-order valence-corrected chi connectivity index (χ0v) is 14.9. The molecule has 120 valence electrons. The molecule has 0 spiro atoms. The van der Waals surface area contributed by atoms with Gasteiger partial charge in [-0.15, -0.1) is 0 Å². The summed E-state index contributed by atoms with van der Waals surface area (Å²) in [6, 6.07) is 3.17. The molecule has 0 bridgehead atoms. The molecule has 1 aromatic rings. The van der Waals surface area contributed by atoms with Crippen molar-refractivity contribution in [2.45, 2.75) is 46.1 Å². The van der Waals surface area contributed by atoms with Gasteiger partial charge in [0.2, 0.25) is 10.0 Å². The highest BCUT2D eigenvalue weighted by Gasteiger charge is 2.24. The molecule has 0 saturated carbocycles. The molecule has 1 aromatic carbocycles. The Morgan fingerprint density at radius 3 is 2.38 bits per heavy atom. The van der Waals surface area contributed by atoms with Crippen molar-refractivity contribution in [1.82, 2.24) is 4.72 Å². The molecule has 0 aliphatic carbocycles. The smallest absolute Gasteiger partial charge is 0.240 e. The highest BCUT2D eigenvalue weighted by Crippen LogP contribution is 2.27. The zero-order chi connectivity index (χ0) is 16.4. The second-order valence-corrected chi connectivity index (χ2v) is 8.68. The summed E-state index contributed by atoms with van der Waals surface area (Å²) < 4.78 is 27.7. The Labute approximate surface area is 133 Å². The van der Waals surface area contributed by atoms with Gasteiger partial charge in [0.1, 0.15) is 0 Å². The molecule has 0 amide bonds. The molecule has 1 rings (SSSR count). The van der Waals surface area contributed by atoms with Gasteiger partial charge in [0, 0.05) is 18.1 Å². The van der Waals surface area contributed by atoms with E-state index in [0.29, 0.717) is 17.1 Å². The normalized spacial score (nSPS) is 14.2. The molecule has 0 aliphatic heterocycles. The van der Waals surface area contributed by atoms with Gasteiger partial charge in [-0.1, -0.05) is 39.3 Å². The van der Waals surface area contributed by atoms with E-state index in [4.69, 9.17) is 17.3 Å². The third kappa shape index (κ3) is 4.68. The molecule has 4 nitrogen and oxygen atoms in total. The van der Waals surface area contributed by atoms with E-state index in [0.717, 1.165) is 5.56 Å². The number of rotatable bonds is 5. The summed E-state index contributed by atoms with van der Waals surface area (Å²) in [6.45, 7) is 10.7. The quantitative estimate of drug-likeness (QED) is 0.870. The fourth-order valence-corrected chi connectivity index (χ4v) is 3.56. The average molecular weight is 333 g/mol. The first kappa shape index (κ1) is 18.4. The lowest BCUT2D eigenvalue weighted by atomic mass is 9.82. The van der Waals surface area contributed by atoms with Crippen LogP contribution >= 0.6 is 11.6 Å². The van der Waals surface area contributed by atoms with Gasteiger partial charge in [-0.2, -0.15) is 0 Å². The largest absolute Gasteiger partial charge is 0.326 e. The minimum Gasteiger partial charge on any atom is -0.326 e. The van der Waals surface area contributed by atoms with Crippen molar-refractivity contribution in [2.75, 3.05) is 6.54 Å². The summed E-state index contributed by atoms with van der Waals surface area (Å²) in [7, 11) is -3.59. The van der Waals surface area contributed by atoms with E-state index in [9.17, 15) is 8.42 Å². The molecular weight excluding hydrogens is 308 g/mol. The van der Waals surface area contributed by atoms with Crippen molar-refractivity contribution < 1.29 is 8.42 Å². The predicted octanol–water partition coefficient (Wildman–Crippen LogP) is 3.07. The predicted molar refractivity (Wildman–Crippen MR) is 87.9 cm³/mol. The second-order valence-electron chi connectivity index (χ2n) is 6.51. The summed E-state index contributed by atoms with van der Waals surface area (Å²) in [5, 5.41) is 0.380. The van der Waals surface area contributed by atoms with Gasteiger partial charge in [-0.3, -0.25) is 0 Å². The van der Waals surface area contributed by atoms with Crippen LogP contribution in [0.1, 0.15) is 38.8 Å². The van der Waals surface area contributed by atoms with Gasteiger partial charge < -0.3 is 5.73 Å². The standard InChI is InChI=1S/C15H25ClN2O2S/c1-10(15(3,4)5)9-18-21(19,20)14-7-13(16)6-12(8-17)11(14)2/h6-7,10,18H,8-9,17H2,1-5H3. The minimum atomic E-state index is -3.59. The molecule has 0 saturated heterocycles. The third-order valence-corrected chi connectivity index (χ3v) is 5.77. The highest BCUT2D eigenvalue weighted by molar-refractivity contribution is 7.89. The fourth-order valence-electron chi connectivity index (χ4n) is 1.82. The van der Waals surface area contributed by atoms with Crippen LogP contribution in [0.3, 0.4) is 0 Å². The average Bonchev–Trinajstić information content (AvgIpc) is 2.36. The Morgan fingerprint density at radius 2 is 1.90 bits per heavy atom. The van der Waals surface area contributed by atoms with E-state index in [1.807, 2.05) is 6.92 Å². The molecule has 0 fully saturated rings. The van der Waals surface area contributed by atoms with Gasteiger partial charge in [0.05, 0.1) is 4.90 Å². The molecule has 0 aliphatic rings. The van der Waals surface area contributed by atoms with Crippen LogP contribution in [-0.4, -0.2) is 15.0 Å². The monoisotopic (exact) mass is 332 g/mol. The lowest BCUT2D eigenvalue weighted by Crippen LogP contribution is -2.34. The van der Waals surface area contributed by atoms with Gasteiger partial charge in [-0.05, 0) is 41.5 Å². The number of nitrogens with two attached hydrogens (primary N) is 1. The van der Waals surface area contributed by atoms with Crippen LogP contribution in [0, 0.1) is 18.3 Å². The Balaban J connectivity index is 3.07. The first-order valence-electron chi connectivity index (χ1n) is 6.97. The SMILES string of the molecule is Cc1c(CN)cc(Cl)cc1S(=O)(=O)NCC(C)C(C)(C)C. The summed E-state index contributed by atoms with van der Waals surface area (Å²) in [5.41, 5.74) is 7.07. The van der Waals surface area contributed by atoms with Gasteiger partial charge in [0.25, 0.3) is 0 Å². The van der Waals surface area contributed by atoms with Crippen LogP contribution in [0.5, 0.6) is 0 Å². The molecule has 1 atom stereocenters. The molecule has 21 heavy (non-hydrogen) atoms. The number of hydrogen-bond donors (Lipinski definition) is 2. The maximum atomic E-state index is 12.5. The molecule has 3 N–H and O–H groups in total. The van der Waals surface area contributed by atoms with Crippen molar-refractivity contribution in [3.63, 3.8) is 0 Å². The van der Waals surface area contributed by atoms with Gasteiger partial charge in [-0.25, -0.2) is 13.1 Å². The number of halogens is 1. The number of nitrogens with one attached hydrogen (secondary N) is 1. The Morgan fingerprint density at radius 1 is 1.33 bits per heavy atom. The van der Waals surface area contributed by atoms with Crippen LogP contribution in [0.15, 0.2) is 17.0 Å². The molecule has 0 heterocycles. The molecule has 1 unspecified atom stereocenters. The molecule has 6 heteroatoms. The van der Waals surface area contributed by atoms with Crippen LogP contribution in [0.4, 0.5) is 0 Å². The van der Waals surface area contributed by atoms with E-state index >= 15 is 0 Å². The second kappa shape index (κ2) is 6.65. The minimum absolute atomic E-state index is 0.0360. The van der Waals surface area contributed by atoms with Crippen LogP contribution in [-0.2, 0) is 16.6 Å². The fraction of sp³-hybridized carbons (Fsp3) is 0.600. The van der Waals surface area contributed by atoms with E-state index in [1.54, 1.807) is 13.0 Å². The molecule has 0 aromatic heterocycles. The van der Waals surface area contributed by atoms with E-state index < -0.39 is 10.0 Å². The highest BCUT2D eigenvalue weighted by atomic mass is 35.5. The summed E-state index contributed by atoms with van der Waals surface area (Å²) in [4.78, 5) is 0.205. The van der Waals surface area contributed by atoms with Crippen molar-refractivity contribution in [3.05, 3.63) is 28.3 Å². The van der Waals surface area contributed by atoms with Crippen LogP contribution in [0.2, 0.25) is 5.02 Å². The van der Waals surface area contributed by atoms with E-state index in [1.165, 1.54) is 6.07 Å². The molecule has 0 radical (unpaired) electrons. The topological polar surface area (TPSA) is 72.2 Å². The number of sulfonamides is 1.